The molecule has 1 aromatic carbocycles. The molecular formula is C12H19ClN2O3S. The maximum absolute atomic E-state index is 12.0. The average Bonchev–Trinajstić information content (AvgIpc) is 2.38. The number of halogens is 1. The molecule has 1 rings (SSSR count). The van der Waals surface area contributed by atoms with Crippen molar-refractivity contribution in [3.63, 3.8) is 0 Å². The molecule has 2 N–H and O–H groups in total. The molecule has 0 bridgehead atoms. The molecule has 0 saturated heterocycles. The van der Waals surface area contributed by atoms with E-state index in [-0.39, 0.29) is 16.5 Å². The normalized spacial score (nSPS) is 12.1. The second-order valence-electron chi connectivity index (χ2n) is 4.21. The van der Waals surface area contributed by atoms with E-state index < -0.39 is 10.0 Å². The number of hydrogen-bond acceptors (Lipinski definition) is 4. The van der Waals surface area contributed by atoms with Gasteiger partial charge in [0.1, 0.15) is 0 Å². The fraction of sp³-hybridized carbons (Fsp3) is 0.500. The molecule has 0 spiro atoms. The summed E-state index contributed by atoms with van der Waals surface area (Å²) >= 11 is 5.88. The lowest BCUT2D eigenvalue weighted by atomic mass is 10.2. The Morgan fingerprint density at radius 1 is 1.42 bits per heavy atom. The van der Waals surface area contributed by atoms with Crippen LogP contribution in [0, 0.1) is 0 Å². The van der Waals surface area contributed by atoms with Crippen LogP contribution in [0.5, 0.6) is 0 Å². The minimum absolute atomic E-state index is 0.105. The molecule has 0 fully saturated rings. The van der Waals surface area contributed by atoms with Crippen molar-refractivity contribution < 1.29 is 13.5 Å². The van der Waals surface area contributed by atoms with E-state index >= 15 is 0 Å². The van der Waals surface area contributed by atoms with Gasteiger partial charge in [-0.1, -0.05) is 24.6 Å². The van der Waals surface area contributed by atoms with Crippen LogP contribution in [0.4, 0.5) is 0 Å². The first-order valence-corrected chi connectivity index (χ1v) is 7.84. The van der Waals surface area contributed by atoms with Gasteiger partial charge in [-0.2, -0.15) is 0 Å². The molecule has 0 aliphatic rings. The first-order valence-electron chi connectivity index (χ1n) is 5.98. The Morgan fingerprint density at radius 2 is 2.11 bits per heavy atom. The fourth-order valence-corrected chi connectivity index (χ4v) is 2.79. The van der Waals surface area contributed by atoms with Crippen LogP contribution in [0.15, 0.2) is 23.1 Å². The van der Waals surface area contributed by atoms with Gasteiger partial charge in [-0.05, 0) is 31.3 Å². The Labute approximate surface area is 119 Å². The molecule has 0 amide bonds. The van der Waals surface area contributed by atoms with Gasteiger partial charge >= 0.3 is 0 Å². The minimum atomic E-state index is -3.55. The summed E-state index contributed by atoms with van der Waals surface area (Å²) in [5.74, 6) is 0. The maximum atomic E-state index is 12.0. The van der Waals surface area contributed by atoms with Crippen LogP contribution in [0.1, 0.15) is 12.5 Å². The topological polar surface area (TPSA) is 69.6 Å². The number of nitrogens with one attached hydrogen (secondary N) is 1. The third kappa shape index (κ3) is 4.74. The highest BCUT2D eigenvalue weighted by molar-refractivity contribution is 7.89. The maximum Gasteiger partial charge on any atom is 0.240 e. The Balaban J connectivity index is 2.75. The van der Waals surface area contributed by atoms with E-state index in [4.69, 9.17) is 16.7 Å². The molecule has 0 saturated carbocycles. The summed E-state index contributed by atoms with van der Waals surface area (Å²) < 4.78 is 26.5. The Hall–Kier alpha value is -0.660. The quantitative estimate of drug-likeness (QED) is 0.790. The zero-order valence-electron chi connectivity index (χ0n) is 11.1. The van der Waals surface area contributed by atoms with Gasteiger partial charge in [0.25, 0.3) is 0 Å². The van der Waals surface area contributed by atoms with E-state index in [0.29, 0.717) is 18.7 Å². The van der Waals surface area contributed by atoms with Gasteiger partial charge < -0.3 is 10.0 Å². The zero-order valence-corrected chi connectivity index (χ0v) is 12.6. The predicted octanol–water partition coefficient (Wildman–Crippen LogP) is 1.06. The smallest absolute Gasteiger partial charge is 0.240 e. The monoisotopic (exact) mass is 306 g/mol. The van der Waals surface area contributed by atoms with Crippen LogP contribution in [-0.2, 0) is 16.6 Å². The molecule has 0 atom stereocenters. The Kier molecular flexibility index (Phi) is 6.22. The van der Waals surface area contributed by atoms with Crippen molar-refractivity contribution in [3.8, 4) is 0 Å². The van der Waals surface area contributed by atoms with Crippen molar-refractivity contribution in [1.29, 1.82) is 0 Å². The molecular weight excluding hydrogens is 288 g/mol. The van der Waals surface area contributed by atoms with Crippen molar-refractivity contribution in [2.45, 2.75) is 18.4 Å². The van der Waals surface area contributed by atoms with Crippen molar-refractivity contribution in [2.75, 3.05) is 26.7 Å². The van der Waals surface area contributed by atoms with Crippen molar-refractivity contribution in [2.24, 2.45) is 0 Å². The lowest BCUT2D eigenvalue weighted by Gasteiger charge is -2.14. The fourth-order valence-electron chi connectivity index (χ4n) is 1.44. The van der Waals surface area contributed by atoms with Gasteiger partial charge in [-0.15, -0.1) is 0 Å². The molecule has 108 valence electrons. The average molecular weight is 307 g/mol. The summed E-state index contributed by atoms with van der Waals surface area (Å²) in [4.78, 5) is 2.11. The SMILES string of the molecule is CCN(C)CCNS(=O)(=O)c1ccc(CO)c(Cl)c1. The van der Waals surface area contributed by atoms with Gasteiger partial charge in [-0.25, -0.2) is 13.1 Å². The van der Waals surface area contributed by atoms with E-state index in [0.717, 1.165) is 6.54 Å². The molecule has 1 aromatic rings. The molecule has 19 heavy (non-hydrogen) atoms. The summed E-state index contributed by atoms with van der Waals surface area (Å²) in [5, 5.41) is 9.23. The van der Waals surface area contributed by atoms with Gasteiger partial charge in [0.05, 0.1) is 11.5 Å². The lowest BCUT2D eigenvalue weighted by molar-refractivity contribution is 0.282. The number of nitrogens with zero attached hydrogens (tertiary/aromatic N) is 1. The number of benzene rings is 1. The molecule has 0 heterocycles. The lowest BCUT2D eigenvalue weighted by Crippen LogP contribution is -2.32. The second-order valence-corrected chi connectivity index (χ2v) is 6.38. The molecule has 7 heteroatoms. The summed E-state index contributed by atoms with van der Waals surface area (Å²) in [6.07, 6.45) is 0. The summed E-state index contributed by atoms with van der Waals surface area (Å²) in [7, 11) is -1.64. The summed E-state index contributed by atoms with van der Waals surface area (Å²) in [5.41, 5.74) is 0.506. The van der Waals surface area contributed by atoms with Crippen LogP contribution < -0.4 is 4.72 Å². The largest absolute Gasteiger partial charge is 0.392 e. The highest BCUT2D eigenvalue weighted by Crippen LogP contribution is 2.20. The number of hydrogen-bond donors (Lipinski definition) is 2. The standard InChI is InChI=1S/C12H19ClN2O3S/c1-3-15(2)7-6-14-19(17,18)11-5-4-10(9-16)12(13)8-11/h4-5,8,14,16H,3,6-7,9H2,1-2H3. The van der Waals surface area contributed by atoms with E-state index in [1.807, 2.05) is 18.9 Å². The summed E-state index contributed by atoms with van der Waals surface area (Å²) in [6.45, 7) is 3.62. The van der Waals surface area contributed by atoms with Gasteiger partial charge in [-0.3, -0.25) is 0 Å². The van der Waals surface area contributed by atoms with Gasteiger partial charge in [0, 0.05) is 18.1 Å². The van der Waals surface area contributed by atoms with Crippen LogP contribution in [0.3, 0.4) is 0 Å². The number of aliphatic hydroxyl groups excluding tert-OH is 1. The number of rotatable bonds is 7. The third-order valence-corrected chi connectivity index (χ3v) is 4.64. The molecule has 0 aliphatic heterocycles. The first kappa shape index (κ1) is 16.4. The number of sulfonamides is 1. The number of aliphatic hydroxyl groups is 1. The van der Waals surface area contributed by atoms with Crippen molar-refractivity contribution in [3.05, 3.63) is 28.8 Å². The highest BCUT2D eigenvalue weighted by atomic mass is 35.5. The van der Waals surface area contributed by atoms with E-state index in [1.54, 1.807) is 0 Å². The molecule has 0 aliphatic carbocycles. The van der Waals surface area contributed by atoms with Crippen LogP contribution in [0.25, 0.3) is 0 Å². The molecule has 0 aromatic heterocycles. The van der Waals surface area contributed by atoms with E-state index in [1.165, 1.54) is 18.2 Å². The summed E-state index contributed by atoms with van der Waals surface area (Å²) in [6, 6.07) is 4.29. The predicted molar refractivity (Wildman–Crippen MR) is 75.7 cm³/mol. The van der Waals surface area contributed by atoms with Crippen molar-refractivity contribution >= 4 is 21.6 Å². The van der Waals surface area contributed by atoms with E-state index in [2.05, 4.69) is 4.72 Å². The first-order chi connectivity index (χ1) is 8.90. The van der Waals surface area contributed by atoms with E-state index in [9.17, 15) is 8.42 Å². The zero-order chi connectivity index (χ0) is 14.5. The van der Waals surface area contributed by atoms with Crippen LogP contribution >= 0.6 is 11.6 Å². The Morgan fingerprint density at radius 3 is 2.63 bits per heavy atom. The third-order valence-electron chi connectivity index (χ3n) is 2.83. The van der Waals surface area contributed by atoms with Gasteiger partial charge in [0.15, 0.2) is 0 Å². The molecule has 0 radical (unpaired) electrons. The molecule has 0 unspecified atom stereocenters. The molecule has 5 nitrogen and oxygen atoms in total. The van der Waals surface area contributed by atoms with Gasteiger partial charge in [0.2, 0.25) is 10.0 Å². The minimum Gasteiger partial charge on any atom is -0.392 e. The highest BCUT2D eigenvalue weighted by Gasteiger charge is 2.15. The van der Waals surface area contributed by atoms with Crippen LogP contribution in [0.2, 0.25) is 5.02 Å². The number of likely N-dealkylation sites (N-methyl/N-ethyl adjacent to an activating group) is 1. The van der Waals surface area contributed by atoms with Crippen LogP contribution in [-0.4, -0.2) is 45.1 Å². The second kappa shape index (κ2) is 7.21. The van der Waals surface area contributed by atoms with Crippen molar-refractivity contribution in [1.82, 2.24) is 9.62 Å². The Bertz CT molecular complexity index is 520.